The van der Waals surface area contributed by atoms with Gasteiger partial charge in [0.2, 0.25) is 11.7 Å². The number of halogens is 2. The average Bonchev–Trinajstić information content (AvgIpc) is 3.27. The van der Waals surface area contributed by atoms with E-state index < -0.39 is 0 Å². The fourth-order valence-electron chi connectivity index (χ4n) is 2.99. The van der Waals surface area contributed by atoms with Crippen molar-refractivity contribution in [2.24, 2.45) is 0 Å². The topological polar surface area (TPSA) is 54.2 Å². The number of benzene rings is 1. The van der Waals surface area contributed by atoms with E-state index in [2.05, 4.69) is 26.4 Å². The van der Waals surface area contributed by atoms with Crippen LogP contribution in [0.25, 0.3) is 11.4 Å². The molecule has 25 heavy (non-hydrogen) atoms. The molecule has 1 aliphatic rings. The number of nitrogens with zero attached hydrogens (tertiary/aromatic N) is 3. The van der Waals surface area contributed by atoms with Crippen molar-refractivity contribution in [3.63, 3.8) is 0 Å². The Labute approximate surface area is 161 Å². The summed E-state index contributed by atoms with van der Waals surface area (Å²) in [5.41, 5.74) is 2.13. The summed E-state index contributed by atoms with van der Waals surface area (Å²) >= 11 is 8.02. The molecule has 132 valence electrons. The van der Waals surface area contributed by atoms with Crippen LogP contribution in [0.3, 0.4) is 0 Å². The average molecular weight is 397 g/mol. The van der Waals surface area contributed by atoms with Crippen molar-refractivity contribution in [1.82, 2.24) is 20.4 Å². The Morgan fingerprint density at radius 3 is 3.00 bits per heavy atom. The quantitative estimate of drug-likeness (QED) is 0.721. The van der Waals surface area contributed by atoms with Crippen molar-refractivity contribution >= 4 is 35.3 Å². The molecule has 1 unspecified atom stereocenters. The highest BCUT2D eigenvalue weighted by Crippen LogP contribution is 2.29. The highest BCUT2D eigenvalue weighted by atomic mass is 35.5. The van der Waals surface area contributed by atoms with Crippen molar-refractivity contribution in [2.75, 3.05) is 19.6 Å². The van der Waals surface area contributed by atoms with Crippen molar-refractivity contribution in [1.29, 1.82) is 0 Å². The molecular weight excluding hydrogens is 379 g/mol. The lowest BCUT2D eigenvalue weighted by atomic mass is 10.0. The Hall–Kier alpha value is -1.44. The van der Waals surface area contributed by atoms with E-state index >= 15 is 0 Å². The second-order valence-corrected chi connectivity index (χ2v) is 6.92. The van der Waals surface area contributed by atoms with Gasteiger partial charge in [-0.3, -0.25) is 4.90 Å². The van der Waals surface area contributed by atoms with Crippen LogP contribution in [-0.4, -0.2) is 34.7 Å². The molecule has 0 spiro atoms. The third-order valence-electron chi connectivity index (χ3n) is 4.20. The van der Waals surface area contributed by atoms with E-state index in [0.29, 0.717) is 18.3 Å². The number of hydrogen-bond acceptors (Lipinski definition) is 6. The number of aromatic nitrogens is 2. The summed E-state index contributed by atoms with van der Waals surface area (Å²) in [6.07, 6.45) is 0. The van der Waals surface area contributed by atoms with Gasteiger partial charge >= 0.3 is 0 Å². The van der Waals surface area contributed by atoms with Gasteiger partial charge in [-0.25, -0.2) is 0 Å². The molecule has 1 aromatic carbocycles. The number of thiophene rings is 1. The predicted molar refractivity (Wildman–Crippen MR) is 102 cm³/mol. The zero-order valence-electron chi connectivity index (χ0n) is 13.4. The standard InChI is InChI=1S/C17H17ClN4OS.ClH/c18-14-4-2-1-3-13(14)15-9-19-6-7-22(15)10-16-20-17(21-23-16)12-5-8-24-11-12;/h1-5,8,11,15,19H,6-7,9-10H2;1H. The maximum absolute atomic E-state index is 6.39. The van der Waals surface area contributed by atoms with E-state index in [1.807, 2.05) is 35.0 Å². The molecule has 0 amide bonds. The van der Waals surface area contributed by atoms with Gasteiger partial charge in [0.15, 0.2) is 0 Å². The summed E-state index contributed by atoms with van der Waals surface area (Å²) in [6.45, 7) is 3.32. The SMILES string of the molecule is Cl.Clc1ccccc1C1CNCCN1Cc1nc(-c2ccsc2)no1. The summed E-state index contributed by atoms with van der Waals surface area (Å²) in [7, 11) is 0. The second kappa shape index (κ2) is 8.29. The summed E-state index contributed by atoms with van der Waals surface area (Å²) in [4.78, 5) is 6.87. The fourth-order valence-corrected chi connectivity index (χ4v) is 3.89. The first-order valence-electron chi connectivity index (χ1n) is 7.85. The Kier molecular flexibility index (Phi) is 6.09. The molecular formula is C17H18Cl2N4OS. The molecule has 0 bridgehead atoms. The van der Waals surface area contributed by atoms with Crippen LogP contribution >= 0.6 is 35.3 Å². The number of hydrogen-bond donors (Lipinski definition) is 1. The summed E-state index contributed by atoms with van der Waals surface area (Å²) in [6, 6.07) is 10.2. The van der Waals surface area contributed by atoms with Crippen molar-refractivity contribution in [3.8, 4) is 11.4 Å². The van der Waals surface area contributed by atoms with Gasteiger partial charge in [-0.1, -0.05) is 35.0 Å². The maximum Gasteiger partial charge on any atom is 0.241 e. The Balaban J connectivity index is 0.00000182. The highest BCUT2D eigenvalue weighted by molar-refractivity contribution is 7.08. The summed E-state index contributed by atoms with van der Waals surface area (Å²) in [5, 5.41) is 12.4. The van der Waals surface area contributed by atoms with Gasteiger partial charge in [-0.15, -0.1) is 12.4 Å². The molecule has 4 rings (SSSR count). The summed E-state index contributed by atoms with van der Waals surface area (Å²) < 4.78 is 5.45. The fraction of sp³-hybridized carbons (Fsp3) is 0.294. The van der Waals surface area contributed by atoms with E-state index in [-0.39, 0.29) is 18.4 Å². The molecule has 0 radical (unpaired) electrons. The minimum absolute atomic E-state index is 0. The normalized spacial score (nSPS) is 18.0. The lowest BCUT2D eigenvalue weighted by Gasteiger charge is -2.35. The van der Waals surface area contributed by atoms with Crippen LogP contribution in [-0.2, 0) is 6.54 Å². The smallest absolute Gasteiger partial charge is 0.241 e. The second-order valence-electron chi connectivity index (χ2n) is 5.74. The molecule has 3 aromatic rings. The molecule has 0 aliphatic carbocycles. The van der Waals surface area contributed by atoms with Gasteiger partial charge in [0.25, 0.3) is 0 Å². The van der Waals surface area contributed by atoms with E-state index in [1.165, 1.54) is 0 Å². The Morgan fingerprint density at radius 2 is 2.20 bits per heavy atom. The number of nitrogens with one attached hydrogen (secondary N) is 1. The van der Waals surface area contributed by atoms with Gasteiger partial charge in [0.1, 0.15) is 0 Å². The molecule has 1 atom stereocenters. The monoisotopic (exact) mass is 396 g/mol. The van der Waals surface area contributed by atoms with Crippen LogP contribution in [0.1, 0.15) is 17.5 Å². The maximum atomic E-state index is 6.39. The van der Waals surface area contributed by atoms with Crippen molar-refractivity contribution in [3.05, 3.63) is 57.6 Å². The van der Waals surface area contributed by atoms with Gasteiger partial charge in [-0.05, 0) is 23.1 Å². The van der Waals surface area contributed by atoms with Crippen LogP contribution in [0, 0.1) is 0 Å². The first-order chi connectivity index (χ1) is 11.8. The molecule has 1 saturated heterocycles. The van der Waals surface area contributed by atoms with Gasteiger partial charge in [-0.2, -0.15) is 16.3 Å². The number of rotatable bonds is 4. The largest absolute Gasteiger partial charge is 0.338 e. The zero-order valence-corrected chi connectivity index (χ0v) is 15.8. The van der Waals surface area contributed by atoms with Gasteiger partial charge in [0.05, 0.1) is 6.54 Å². The molecule has 2 aromatic heterocycles. The minimum Gasteiger partial charge on any atom is -0.338 e. The van der Waals surface area contributed by atoms with Crippen LogP contribution in [0.4, 0.5) is 0 Å². The molecule has 0 saturated carbocycles. The van der Waals surface area contributed by atoms with Gasteiger partial charge < -0.3 is 9.84 Å². The first kappa shape index (κ1) is 18.4. The van der Waals surface area contributed by atoms with Crippen molar-refractivity contribution < 1.29 is 4.52 Å². The molecule has 1 aliphatic heterocycles. The third-order valence-corrected chi connectivity index (χ3v) is 5.23. The van der Waals surface area contributed by atoms with Crippen molar-refractivity contribution in [2.45, 2.75) is 12.6 Å². The molecule has 1 N–H and O–H groups in total. The zero-order chi connectivity index (χ0) is 16.4. The molecule has 5 nitrogen and oxygen atoms in total. The molecule has 1 fully saturated rings. The molecule has 8 heteroatoms. The Bertz CT molecular complexity index is 809. The third kappa shape index (κ3) is 4.04. The van der Waals surface area contributed by atoms with E-state index in [9.17, 15) is 0 Å². The highest BCUT2D eigenvalue weighted by Gasteiger charge is 2.27. The van der Waals surface area contributed by atoms with E-state index in [4.69, 9.17) is 16.1 Å². The van der Waals surface area contributed by atoms with Crippen LogP contribution < -0.4 is 5.32 Å². The number of piperazine rings is 1. The lowest BCUT2D eigenvalue weighted by molar-refractivity contribution is 0.136. The first-order valence-corrected chi connectivity index (χ1v) is 9.17. The minimum atomic E-state index is 0. The van der Waals surface area contributed by atoms with Crippen LogP contribution in [0.15, 0.2) is 45.6 Å². The summed E-state index contributed by atoms with van der Waals surface area (Å²) in [5.74, 6) is 1.28. The molecule has 3 heterocycles. The lowest BCUT2D eigenvalue weighted by Crippen LogP contribution is -2.45. The van der Waals surface area contributed by atoms with Crippen LogP contribution in [0.5, 0.6) is 0 Å². The van der Waals surface area contributed by atoms with E-state index in [0.717, 1.165) is 35.8 Å². The van der Waals surface area contributed by atoms with E-state index in [1.54, 1.807) is 11.3 Å². The predicted octanol–water partition coefficient (Wildman–Crippen LogP) is 4.02. The van der Waals surface area contributed by atoms with Gasteiger partial charge in [0, 0.05) is 41.6 Å². The Morgan fingerprint density at radius 1 is 1.32 bits per heavy atom. The van der Waals surface area contributed by atoms with Crippen LogP contribution in [0.2, 0.25) is 5.02 Å².